The fourth-order valence-electron chi connectivity index (χ4n) is 1.48. The van der Waals surface area contributed by atoms with Crippen LogP contribution in [0.15, 0.2) is 23.5 Å². The number of nitrogens with two attached hydrogens (primary N) is 1. The van der Waals surface area contributed by atoms with Crippen LogP contribution in [0.2, 0.25) is 0 Å². The molecule has 9 heteroatoms. The van der Waals surface area contributed by atoms with Gasteiger partial charge in [-0.1, -0.05) is 0 Å². The van der Waals surface area contributed by atoms with Crippen LogP contribution >= 0.6 is 0 Å². The number of rotatable bonds is 3. The van der Waals surface area contributed by atoms with Gasteiger partial charge in [0.05, 0.1) is 6.20 Å². The zero-order valence-electron chi connectivity index (χ0n) is 9.41. The Morgan fingerprint density at radius 3 is 2.61 bits per heavy atom. The summed E-state index contributed by atoms with van der Waals surface area (Å²) >= 11 is 0. The Morgan fingerprint density at radius 2 is 2.11 bits per heavy atom. The second kappa shape index (κ2) is 4.42. The molecule has 0 aliphatic heterocycles. The Bertz CT molecular complexity index is 665. The molecule has 0 saturated heterocycles. The number of primary sulfonamides is 1. The molecule has 18 heavy (non-hydrogen) atoms. The van der Waals surface area contributed by atoms with Crippen molar-refractivity contribution < 1.29 is 12.8 Å². The van der Waals surface area contributed by atoms with Crippen LogP contribution in [0.3, 0.4) is 0 Å². The summed E-state index contributed by atoms with van der Waals surface area (Å²) in [6.07, 6.45) is 1.01. The summed E-state index contributed by atoms with van der Waals surface area (Å²) in [6.45, 7) is 2.01. The van der Waals surface area contributed by atoms with Crippen LogP contribution in [0.5, 0.6) is 0 Å². The average molecular weight is 271 g/mol. The number of sulfonamides is 1. The smallest absolute Gasteiger partial charge is 0.273 e. The van der Waals surface area contributed by atoms with Gasteiger partial charge >= 0.3 is 0 Å². The van der Waals surface area contributed by atoms with E-state index in [1.165, 1.54) is 16.7 Å². The van der Waals surface area contributed by atoms with Crippen LogP contribution in [-0.4, -0.2) is 28.2 Å². The molecule has 0 unspecified atom stereocenters. The zero-order chi connectivity index (χ0) is 13.3. The topological polar surface area (TPSA) is 104 Å². The summed E-state index contributed by atoms with van der Waals surface area (Å²) in [6, 6.07) is 2.59. The van der Waals surface area contributed by atoms with E-state index >= 15 is 0 Å². The maximum Gasteiger partial charge on any atom is 0.273 e. The van der Waals surface area contributed by atoms with Gasteiger partial charge in [-0.25, -0.2) is 22.9 Å². The molecule has 0 aliphatic carbocycles. The molecule has 0 spiro atoms. The first-order valence-corrected chi connectivity index (χ1v) is 6.56. The van der Waals surface area contributed by atoms with Crippen molar-refractivity contribution in [1.82, 2.24) is 19.7 Å². The van der Waals surface area contributed by atoms with Gasteiger partial charge in [0.25, 0.3) is 15.2 Å². The molecule has 0 radical (unpaired) electrons. The maximum absolute atomic E-state index is 12.8. The molecule has 2 heterocycles. The lowest BCUT2D eigenvalue weighted by atomic mass is 10.3. The van der Waals surface area contributed by atoms with E-state index in [0.29, 0.717) is 12.2 Å². The van der Waals surface area contributed by atoms with Gasteiger partial charge in [0.15, 0.2) is 5.82 Å². The van der Waals surface area contributed by atoms with Gasteiger partial charge in [-0.2, -0.15) is 0 Å². The number of nitrogens with zero attached hydrogens (tertiary/aromatic N) is 4. The third kappa shape index (κ3) is 2.22. The van der Waals surface area contributed by atoms with Crippen LogP contribution < -0.4 is 5.14 Å². The van der Waals surface area contributed by atoms with E-state index in [1.807, 2.05) is 0 Å². The number of hydrogen-bond donors (Lipinski definition) is 1. The van der Waals surface area contributed by atoms with Crippen LogP contribution in [0.25, 0.3) is 11.5 Å². The van der Waals surface area contributed by atoms with Crippen molar-refractivity contribution in [3.8, 4) is 11.5 Å². The van der Waals surface area contributed by atoms with E-state index < -0.39 is 15.8 Å². The van der Waals surface area contributed by atoms with Crippen molar-refractivity contribution in [2.24, 2.45) is 5.14 Å². The highest BCUT2D eigenvalue weighted by molar-refractivity contribution is 7.89. The molecule has 2 aromatic heterocycles. The van der Waals surface area contributed by atoms with Gasteiger partial charge in [0.2, 0.25) is 0 Å². The van der Waals surface area contributed by atoms with Crippen molar-refractivity contribution in [2.75, 3.05) is 0 Å². The van der Waals surface area contributed by atoms with Crippen molar-refractivity contribution >= 4 is 10.0 Å². The van der Waals surface area contributed by atoms with Crippen molar-refractivity contribution in [3.63, 3.8) is 0 Å². The molecule has 0 saturated carbocycles. The molecule has 0 atom stereocenters. The summed E-state index contributed by atoms with van der Waals surface area (Å²) in [5, 5.41) is 11.9. The van der Waals surface area contributed by atoms with Gasteiger partial charge in [-0.15, -0.1) is 10.2 Å². The highest BCUT2D eigenvalue weighted by Crippen LogP contribution is 2.17. The Kier molecular flexibility index (Phi) is 3.09. The number of pyridine rings is 1. The van der Waals surface area contributed by atoms with E-state index in [-0.39, 0.29) is 11.0 Å². The second-order valence-electron chi connectivity index (χ2n) is 3.46. The van der Waals surface area contributed by atoms with E-state index in [4.69, 9.17) is 5.14 Å². The molecule has 0 aromatic carbocycles. The standard InChI is InChI=1S/C9H10FN5O2S/c1-2-15-8(7-4-3-6(10)5-12-7)13-14-9(15)18(11,16)17/h3-5H,2H2,1H3,(H2,11,16,17). The normalized spacial score (nSPS) is 11.7. The monoisotopic (exact) mass is 271 g/mol. The molecule has 7 nitrogen and oxygen atoms in total. The summed E-state index contributed by atoms with van der Waals surface area (Å²) < 4.78 is 36.6. The van der Waals surface area contributed by atoms with Gasteiger partial charge in [-0.05, 0) is 19.1 Å². The highest BCUT2D eigenvalue weighted by Gasteiger charge is 2.21. The van der Waals surface area contributed by atoms with Crippen LogP contribution in [0.1, 0.15) is 6.92 Å². The molecule has 96 valence electrons. The Labute approximate surface area is 103 Å². The van der Waals surface area contributed by atoms with Crippen molar-refractivity contribution in [1.29, 1.82) is 0 Å². The van der Waals surface area contributed by atoms with Gasteiger partial charge < -0.3 is 0 Å². The second-order valence-corrected chi connectivity index (χ2v) is 4.91. The van der Waals surface area contributed by atoms with Crippen molar-refractivity contribution in [2.45, 2.75) is 18.6 Å². The SMILES string of the molecule is CCn1c(-c2ccc(F)cn2)nnc1S(N)(=O)=O. The van der Waals surface area contributed by atoms with E-state index in [2.05, 4.69) is 15.2 Å². The first-order valence-electron chi connectivity index (χ1n) is 5.01. The van der Waals surface area contributed by atoms with E-state index in [1.54, 1.807) is 6.92 Å². The van der Waals surface area contributed by atoms with Crippen molar-refractivity contribution in [3.05, 3.63) is 24.1 Å². The van der Waals surface area contributed by atoms with E-state index in [0.717, 1.165) is 6.20 Å². The fourth-order valence-corrected chi connectivity index (χ4v) is 2.16. The number of halogens is 1. The molecule has 2 N–H and O–H groups in total. The minimum atomic E-state index is -3.95. The first kappa shape index (κ1) is 12.6. The molecule has 0 fully saturated rings. The summed E-state index contributed by atoms with van der Waals surface area (Å²) in [7, 11) is -3.95. The molecule has 0 bridgehead atoms. The fraction of sp³-hybridized carbons (Fsp3) is 0.222. The molecular weight excluding hydrogens is 261 g/mol. The zero-order valence-corrected chi connectivity index (χ0v) is 10.2. The van der Waals surface area contributed by atoms with Crippen LogP contribution in [0, 0.1) is 5.82 Å². The summed E-state index contributed by atoms with van der Waals surface area (Å²) in [5.74, 6) is -0.269. The third-order valence-electron chi connectivity index (χ3n) is 2.24. The van der Waals surface area contributed by atoms with E-state index in [9.17, 15) is 12.8 Å². The molecule has 0 aliphatic rings. The summed E-state index contributed by atoms with van der Waals surface area (Å²) in [5.41, 5.74) is 0.320. The minimum Gasteiger partial charge on any atom is -0.296 e. The summed E-state index contributed by atoms with van der Waals surface area (Å²) in [4.78, 5) is 3.82. The van der Waals surface area contributed by atoms with Gasteiger partial charge in [0, 0.05) is 6.54 Å². The van der Waals surface area contributed by atoms with Crippen LogP contribution in [0.4, 0.5) is 4.39 Å². The quantitative estimate of drug-likeness (QED) is 0.855. The van der Waals surface area contributed by atoms with Gasteiger partial charge in [0.1, 0.15) is 11.5 Å². The van der Waals surface area contributed by atoms with Crippen LogP contribution in [-0.2, 0) is 16.6 Å². The number of hydrogen-bond acceptors (Lipinski definition) is 5. The third-order valence-corrected chi connectivity index (χ3v) is 3.06. The maximum atomic E-state index is 12.8. The predicted octanol–water partition coefficient (Wildman–Crippen LogP) is 0.146. The predicted molar refractivity (Wildman–Crippen MR) is 60.3 cm³/mol. The first-order chi connectivity index (χ1) is 8.43. The minimum absolute atomic E-state index is 0.224. The molecule has 2 rings (SSSR count). The number of aromatic nitrogens is 4. The molecule has 0 amide bonds. The lowest BCUT2D eigenvalue weighted by Crippen LogP contribution is -2.18. The molecular formula is C9H10FN5O2S. The molecule has 2 aromatic rings. The largest absolute Gasteiger partial charge is 0.296 e. The Balaban J connectivity index is 2.59. The highest BCUT2D eigenvalue weighted by atomic mass is 32.2. The van der Waals surface area contributed by atoms with Gasteiger partial charge in [-0.3, -0.25) is 4.57 Å². The lowest BCUT2D eigenvalue weighted by molar-refractivity contribution is 0.570. The Morgan fingerprint density at radius 1 is 1.39 bits per heavy atom. The average Bonchev–Trinajstić information content (AvgIpc) is 2.73. The Hall–Kier alpha value is -1.87. The lowest BCUT2D eigenvalue weighted by Gasteiger charge is -2.05.